The average Bonchev–Trinajstić information content (AvgIpc) is 2.95. The summed E-state index contributed by atoms with van der Waals surface area (Å²) in [5.41, 5.74) is 2.01. The Morgan fingerprint density at radius 3 is 2.93 bits per heavy atom. The number of carbonyl (C=O) groups excluding carboxylic acids is 1. The summed E-state index contributed by atoms with van der Waals surface area (Å²) >= 11 is 3.40. The number of carbonyl (C=O) groups is 1. The first-order valence-corrected chi connectivity index (χ1v) is 6.00. The van der Waals surface area contributed by atoms with E-state index in [1.807, 2.05) is 25.1 Å². The van der Waals surface area contributed by atoms with Crippen molar-refractivity contribution in [3.63, 3.8) is 0 Å². The summed E-state index contributed by atoms with van der Waals surface area (Å²) in [6, 6.07) is 5.92. The zero-order valence-electron chi connectivity index (χ0n) is 8.72. The minimum absolute atomic E-state index is 0.138. The highest BCUT2D eigenvalue weighted by molar-refractivity contribution is 9.10. The van der Waals surface area contributed by atoms with E-state index in [-0.39, 0.29) is 5.91 Å². The Labute approximate surface area is 98.2 Å². The predicted octanol–water partition coefficient (Wildman–Crippen LogP) is 3.50. The molecule has 0 unspecified atom stereocenters. The van der Waals surface area contributed by atoms with Crippen molar-refractivity contribution in [3.05, 3.63) is 28.2 Å². The molecule has 2 rings (SSSR count). The molecular weight excluding hydrogens is 254 g/mol. The molecule has 1 aliphatic carbocycles. The molecule has 1 amide bonds. The predicted molar refractivity (Wildman–Crippen MR) is 64.8 cm³/mol. The molecule has 0 bridgehead atoms. The van der Waals surface area contributed by atoms with E-state index >= 15 is 0 Å². The highest BCUT2D eigenvalue weighted by atomic mass is 79.9. The van der Waals surface area contributed by atoms with Gasteiger partial charge in [0.1, 0.15) is 0 Å². The van der Waals surface area contributed by atoms with Gasteiger partial charge in [-0.2, -0.15) is 0 Å². The summed E-state index contributed by atoms with van der Waals surface area (Å²) in [7, 11) is 0. The lowest BCUT2D eigenvalue weighted by Gasteiger charge is -2.08. The Balaban J connectivity index is 2.01. The van der Waals surface area contributed by atoms with E-state index in [4.69, 9.17) is 0 Å². The highest BCUT2D eigenvalue weighted by Crippen LogP contribution is 2.32. The SMILES string of the molecule is Cc1ccc(Br)cc1NC(=O)CC1CC1. The van der Waals surface area contributed by atoms with Gasteiger partial charge in [0, 0.05) is 16.6 Å². The number of nitrogens with one attached hydrogen (secondary N) is 1. The molecule has 0 aliphatic heterocycles. The van der Waals surface area contributed by atoms with E-state index in [1.54, 1.807) is 0 Å². The number of anilines is 1. The van der Waals surface area contributed by atoms with Crippen molar-refractivity contribution in [3.8, 4) is 0 Å². The van der Waals surface area contributed by atoms with Gasteiger partial charge in [-0.25, -0.2) is 0 Å². The largest absolute Gasteiger partial charge is 0.326 e. The normalized spacial score (nSPS) is 15.1. The van der Waals surface area contributed by atoms with Gasteiger partial charge in [0.05, 0.1) is 0 Å². The maximum Gasteiger partial charge on any atom is 0.224 e. The zero-order chi connectivity index (χ0) is 10.8. The average molecular weight is 268 g/mol. The Hall–Kier alpha value is -0.830. The number of aryl methyl sites for hydroxylation is 1. The first kappa shape index (κ1) is 10.7. The van der Waals surface area contributed by atoms with Crippen LogP contribution in [-0.4, -0.2) is 5.91 Å². The highest BCUT2D eigenvalue weighted by Gasteiger charge is 2.24. The fourth-order valence-electron chi connectivity index (χ4n) is 1.51. The zero-order valence-corrected chi connectivity index (χ0v) is 10.3. The van der Waals surface area contributed by atoms with E-state index in [0.717, 1.165) is 15.7 Å². The maximum absolute atomic E-state index is 11.6. The van der Waals surface area contributed by atoms with Crippen LogP contribution in [0.5, 0.6) is 0 Å². The molecule has 1 saturated carbocycles. The molecule has 80 valence electrons. The smallest absolute Gasteiger partial charge is 0.224 e. The molecule has 1 aromatic carbocycles. The van der Waals surface area contributed by atoms with Gasteiger partial charge in [-0.05, 0) is 43.4 Å². The summed E-state index contributed by atoms with van der Waals surface area (Å²) in [5, 5.41) is 2.95. The van der Waals surface area contributed by atoms with Crippen molar-refractivity contribution in [2.24, 2.45) is 5.92 Å². The van der Waals surface area contributed by atoms with Crippen LogP contribution in [0.15, 0.2) is 22.7 Å². The van der Waals surface area contributed by atoms with Gasteiger partial charge in [0.15, 0.2) is 0 Å². The summed E-state index contributed by atoms with van der Waals surface area (Å²) < 4.78 is 0.995. The third-order valence-corrected chi connectivity index (χ3v) is 3.14. The molecule has 1 aliphatic rings. The monoisotopic (exact) mass is 267 g/mol. The lowest BCUT2D eigenvalue weighted by molar-refractivity contribution is -0.116. The number of hydrogen-bond acceptors (Lipinski definition) is 1. The van der Waals surface area contributed by atoms with Crippen molar-refractivity contribution < 1.29 is 4.79 Å². The standard InChI is InChI=1S/C12H14BrNO/c1-8-2-5-10(13)7-11(8)14-12(15)6-9-3-4-9/h2,5,7,9H,3-4,6H2,1H3,(H,14,15). The van der Waals surface area contributed by atoms with Crippen LogP contribution in [0.1, 0.15) is 24.8 Å². The number of amides is 1. The molecule has 0 heterocycles. The molecule has 0 aromatic heterocycles. The van der Waals surface area contributed by atoms with Crippen molar-refractivity contribution in [2.45, 2.75) is 26.2 Å². The fourth-order valence-corrected chi connectivity index (χ4v) is 1.88. The van der Waals surface area contributed by atoms with E-state index < -0.39 is 0 Å². The van der Waals surface area contributed by atoms with Gasteiger partial charge in [0.25, 0.3) is 0 Å². The topological polar surface area (TPSA) is 29.1 Å². The van der Waals surface area contributed by atoms with E-state index in [9.17, 15) is 4.79 Å². The lowest BCUT2D eigenvalue weighted by Crippen LogP contribution is -2.12. The molecule has 0 spiro atoms. The second-order valence-electron chi connectivity index (χ2n) is 4.15. The van der Waals surface area contributed by atoms with Crippen LogP contribution >= 0.6 is 15.9 Å². The minimum atomic E-state index is 0.138. The van der Waals surface area contributed by atoms with Gasteiger partial charge in [-0.1, -0.05) is 22.0 Å². The molecule has 2 nitrogen and oxygen atoms in total. The molecule has 1 N–H and O–H groups in total. The van der Waals surface area contributed by atoms with Crippen LogP contribution in [0.3, 0.4) is 0 Å². The van der Waals surface area contributed by atoms with Crippen molar-refractivity contribution >= 4 is 27.5 Å². The first-order valence-electron chi connectivity index (χ1n) is 5.21. The molecule has 1 fully saturated rings. The minimum Gasteiger partial charge on any atom is -0.326 e. The number of benzene rings is 1. The quantitative estimate of drug-likeness (QED) is 0.893. The molecule has 3 heteroatoms. The molecule has 0 saturated heterocycles. The second kappa shape index (κ2) is 4.35. The van der Waals surface area contributed by atoms with Crippen molar-refractivity contribution in [2.75, 3.05) is 5.32 Å². The molecule has 0 atom stereocenters. The fraction of sp³-hybridized carbons (Fsp3) is 0.417. The van der Waals surface area contributed by atoms with Crippen LogP contribution in [0.2, 0.25) is 0 Å². The Kier molecular flexibility index (Phi) is 3.10. The van der Waals surface area contributed by atoms with Crippen LogP contribution in [-0.2, 0) is 4.79 Å². The van der Waals surface area contributed by atoms with Gasteiger partial charge in [-0.3, -0.25) is 4.79 Å². The third-order valence-electron chi connectivity index (χ3n) is 2.64. The van der Waals surface area contributed by atoms with Gasteiger partial charge >= 0.3 is 0 Å². The maximum atomic E-state index is 11.6. The number of hydrogen-bond donors (Lipinski definition) is 1. The van der Waals surface area contributed by atoms with Gasteiger partial charge < -0.3 is 5.32 Å². The van der Waals surface area contributed by atoms with Gasteiger partial charge in [-0.15, -0.1) is 0 Å². The third kappa shape index (κ3) is 3.06. The summed E-state index contributed by atoms with van der Waals surface area (Å²) in [5.74, 6) is 0.774. The summed E-state index contributed by atoms with van der Waals surface area (Å²) in [4.78, 5) is 11.6. The van der Waals surface area contributed by atoms with Crippen LogP contribution in [0.25, 0.3) is 0 Å². The molecule has 1 aromatic rings. The van der Waals surface area contributed by atoms with Gasteiger partial charge in [0.2, 0.25) is 5.91 Å². The van der Waals surface area contributed by atoms with E-state index in [1.165, 1.54) is 12.8 Å². The number of rotatable bonds is 3. The molecule has 0 radical (unpaired) electrons. The molecule has 15 heavy (non-hydrogen) atoms. The lowest BCUT2D eigenvalue weighted by atomic mass is 10.2. The van der Waals surface area contributed by atoms with Crippen molar-refractivity contribution in [1.29, 1.82) is 0 Å². The number of halogens is 1. The van der Waals surface area contributed by atoms with Crippen LogP contribution < -0.4 is 5.32 Å². The second-order valence-corrected chi connectivity index (χ2v) is 5.07. The molecular formula is C12H14BrNO. The first-order chi connectivity index (χ1) is 7.15. The van der Waals surface area contributed by atoms with Crippen LogP contribution in [0.4, 0.5) is 5.69 Å². The Morgan fingerprint density at radius 1 is 1.53 bits per heavy atom. The Morgan fingerprint density at radius 2 is 2.27 bits per heavy atom. The Bertz CT molecular complexity index is 385. The summed E-state index contributed by atoms with van der Waals surface area (Å²) in [6.45, 7) is 2.00. The summed E-state index contributed by atoms with van der Waals surface area (Å²) in [6.07, 6.45) is 3.10. The van der Waals surface area contributed by atoms with E-state index in [2.05, 4.69) is 21.2 Å². The van der Waals surface area contributed by atoms with Crippen molar-refractivity contribution in [1.82, 2.24) is 0 Å². The van der Waals surface area contributed by atoms with Crippen LogP contribution in [0, 0.1) is 12.8 Å². The van der Waals surface area contributed by atoms with E-state index in [0.29, 0.717) is 12.3 Å².